The summed E-state index contributed by atoms with van der Waals surface area (Å²) in [5, 5.41) is 9.62. The number of nitrogens with zero attached hydrogens (tertiary/aromatic N) is 1. The van der Waals surface area contributed by atoms with Gasteiger partial charge < -0.3 is 9.32 Å². The monoisotopic (exact) mass is 713 g/mol. The van der Waals surface area contributed by atoms with Gasteiger partial charge in [0.15, 0.2) is 0 Å². The van der Waals surface area contributed by atoms with Gasteiger partial charge in [-0.3, -0.25) is 0 Å². The van der Waals surface area contributed by atoms with Crippen LogP contribution in [0.4, 0.5) is 17.1 Å². The fourth-order valence-corrected chi connectivity index (χ4v) is 8.71. The minimum Gasteiger partial charge on any atom is -0.455 e. The van der Waals surface area contributed by atoms with E-state index in [1.165, 1.54) is 60.1 Å². The first-order chi connectivity index (χ1) is 27.8. The molecule has 56 heavy (non-hydrogen) atoms. The summed E-state index contributed by atoms with van der Waals surface area (Å²) in [6.45, 7) is 0. The summed E-state index contributed by atoms with van der Waals surface area (Å²) in [4.78, 5) is 2.38. The highest BCUT2D eigenvalue weighted by molar-refractivity contribution is 6.14. The second-order valence-electron chi connectivity index (χ2n) is 14.4. The fourth-order valence-electron chi connectivity index (χ4n) is 8.71. The first-order valence-electron chi connectivity index (χ1n) is 19.2. The SMILES string of the molecule is c1ccc(N(c2ccc(-c3ccc(-c4cccc5c4oc4ccccc45)c4ccccc34)cc2)c2ccc(-c3cccc4ccccc34)c3ccccc23)cc1. The van der Waals surface area contributed by atoms with Crippen LogP contribution < -0.4 is 4.90 Å². The highest BCUT2D eigenvalue weighted by Gasteiger charge is 2.19. The maximum absolute atomic E-state index is 6.48. The normalized spacial score (nSPS) is 11.6. The fraction of sp³-hybridized carbons (Fsp3) is 0. The molecule has 0 N–H and O–H groups in total. The van der Waals surface area contributed by atoms with Gasteiger partial charge in [-0.05, 0) is 91.1 Å². The molecule has 262 valence electrons. The zero-order chi connectivity index (χ0) is 37.0. The van der Waals surface area contributed by atoms with Gasteiger partial charge in [0.2, 0.25) is 0 Å². The molecule has 1 aromatic heterocycles. The Morgan fingerprint density at radius 1 is 0.286 bits per heavy atom. The van der Waals surface area contributed by atoms with Crippen LogP contribution in [0.1, 0.15) is 0 Å². The number of rotatable bonds is 6. The quantitative estimate of drug-likeness (QED) is 0.171. The van der Waals surface area contributed by atoms with E-state index in [1.807, 2.05) is 12.1 Å². The molecule has 0 aliphatic carbocycles. The van der Waals surface area contributed by atoms with Crippen LogP contribution in [0.5, 0.6) is 0 Å². The van der Waals surface area contributed by atoms with Crippen molar-refractivity contribution in [1.29, 1.82) is 0 Å². The molecule has 11 aromatic rings. The molecule has 0 spiro atoms. The molecule has 2 heteroatoms. The average Bonchev–Trinajstić information content (AvgIpc) is 3.66. The van der Waals surface area contributed by atoms with Crippen molar-refractivity contribution in [2.45, 2.75) is 0 Å². The summed E-state index contributed by atoms with van der Waals surface area (Å²) in [6, 6.07) is 76.4. The molecule has 11 rings (SSSR count). The Morgan fingerprint density at radius 2 is 0.786 bits per heavy atom. The highest BCUT2D eigenvalue weighted by Crippen LogP contribution is 2.45. The summed E-state index contributed by atoms with van der Waals surface area (Å²) < 4.78 is 6.48. The molecule has 0 amide bonds. The predicted octanol–water partition coefficient (Wildman–Crippen LogP) is 15.5. The average molecular weight is 714 g/mol. The van der Waals surface area contributed by atoms with Crippen molar-refractivity contribution in [3.8, 4) is 33.4 Å². The first kappa shape index (κ1) is 32.0. The molecule has 0 fully saturated rings. The smallest absolute Gasteiger partial charge is 0.143 e. The molecule has 0 saturated carbocycles. The number of hydrogen-bond donors (Lipinski definition) is 0. The topological polar surface area (TPSA) is 16.4 Å². The zero-order valence-electron chi connectivity index (χ0n) is 30.6. The van der Waals surface area contributed by atoms with Gasteiger partial charge >= 0.3 is 0 Å². The van der Waals surface area contributed by atoms with Crippen molar-refractivity contribution in [3.05, 3.63) is 212 Å². The first-order valence-corrected chi connectivity index (χ1v) is 19.2. The number of benzene rings is 10. The van der Waals surface area contributed by atoms with Crippen LogP contribution in [0.3, 0.4) is 0 Å². The molecule has 0 aliphatic heterocycles. The Labute approximate surface area is 325 Å². The number of fused-ring (bicyclic) bond motifs is 6. The Bertz CT molecular complexity index is 3240. The predicted molar refractivity (Wildman–Crippen MR) is 237 cm³/mol. The van der Waals surface area contributed by atoms with Crippen LogP contribution in [0.25, 0.3) is 87.6 Å². The van der Waals surface area contributed by atoms with E-state index < -0.39 is 0 Å². The minimum absolute atomic E-state index is 0.911. The summed E-state index contributed by atoms with van der Waals surface area (Å²) >= 11 is 0. The lowest BCUT2D eigenvalue weighted by Crippen LogP contribution is -2.10. The molecule has 0 bridgehead atoms. The third kappa shape index (κ3) is 5.19. The van der Waals surface area contributed by atoms with E-state index in [4.69, 9.17) is 4.42 Å². The van der Waals surface area contributed by atoms with Crippen molar-refractivity contribution in [1.82, 2.24) is 0 Å². The number of furan rings is 1. The summed E-state index contributed by atoms with van der Waals surface area (Å²) in [7, 11) is 0. The molecule has 0 aliphatic rings. The van der Waals surface area contributed by atoms with Crippen LogP contribution in [0.15, 0.2) is 217 Å². The van der Waals surface area contributed by atoms with E-state index in [-0.39, 0.29) is 0 Å². The maximum atomic E-state index is 6.48. The van der Waals surface area contributed by atoms with Gasteiger partial charge in [0.05, 0.1) is 5.69 Å². The lowest BCUT2D eigenvalue weighted by molar-refractivity contribution is 0.670. The van der Waals surface area contributed by atoms with Gasteiger partial charge in [-0.15, -0.1) is 0 Å². The van der Waals surface area contributed by atoms with Gasteiger partial charge in [0, 0.05) is 33.1 Å². The Morgan fingerprint density at radius 3 is 1.59 bits per heavy atom. The van der Waals surface area contributed by atoms with Crippen LogP contribution in [-0.2, 0) is 0 Å². The van der Waals surface area contributed by atoms with Crippen LogP contribution in [-0.4, -0.2) is 0 Å². The molecule has 10 aromatic carbocycles. The standard InChI is InChI=1S/C54H35NO/c1-2-16-38(17-3-1)55(52-35-34-46(45-21-8-9-22-48(45)52)43-24-12-15-36-14-4-5-18-40(36)43)39-30-28-37(29-31-39)41-32-33-47(44-20-7-6-19-42(41)44)50-25-13-26-51-49-23-10-11-27-53(49)56-54(50)51/h1-35H. The number of hydrogen-bond acceptors (Lipinski definition) is 2. The largest absolute Gasteiger partial charge is 0.455 e. The molecule has 0 radical (unpaired) electrons. The lowest BCUT2D eigenvalue weighted by atomic mass is 9.91. The molecule has 0 unspecified atom stereocenters. The van der Waals surface area contributed by atoms with Crippen molar-refractivity contribution in [3.63, 3.8) is 0 Å². The van der Waals surface area contributed by atoms with Crippen molar-refractivity contribution >= 4 is 71.3 Å². The second-order valence-corrected chi connectivity index (χ2v) is 14.4. The van der Waals surface area contributed by atoms with E-state index in [9.17, 15) is 0 Å². The van der Waals surface area contributed by atoms with E-state index in [0.717, 1.165) is 44.6 Å². The Balaban J connectivity index is 1.03. The van der Waals surface area contributed by atoms with Gasteiger partial charge in [0.25, 0.3) is 0 Å². The molecule has 2 nitrogen and oxygen atoms in total. The van der Waals surface area contributed by atoms with E-state index in [0.29, 0.717) is 0 Å². The third-order valence-electron chi connectivity index (χ3n) is 11.3. The summed E-state index contributed by atoms with van der Waals surface area (Å²) in [5.74, 6) is 0. The zero-order valence-corrected chi connectivity index (χ0v) is 30.6. The third-order valence-corrected chi connectivity index (χ3v) is 11.3. The summed E-state index contributed by atoms with van der Waals surface area (Å²) in [5.41, 5.74) is 12.3. The van der Waals surface area contributed by atoms with Crippen LogP contribution >= 0.6 is 0 Å². The van der Waals surface area contributed by atoms with E-state index >= 15 is 0 Å². The van der Waals surface area contributed by atoms with E-state index in [1.54, 1.807) is 0 Å². The highest BCUT2D eigenvalue weighted by atomic mass is 16.3. The number of anilines is 3. The van der Waals surface area contributed by atoms with Crippen molar-refractivity contribution in [2.75, 3.05) is 4.90 Å². The van der Waals surface area contributed by atoms with E-state index in [2.05, 4.69) is 205 Å². The van der Waals surface area contributed by atoms with Crippen molar-refractivity contribution in [2.24, 2.45) is 0 Å². The van der Waals surface area contributed by atoms with Gasteiger partial charge in [-0.25, -0.2) is 0 Å². The minimum atomic E-state index is 0.911. The molecule has 1 heterocycles. The molecule has 0 atom stereocenters. The maximum Gasteiger partial charge on any atom is 0.143 e. The van der Waals surface area contributed by atoms with Crippen LogP contribution in [0.2, 0.25) is 0 Å². The van der Waals surface area contributed by atoms with Crippen LogP contribution in [0, 0.1) is 0 Å². The van der Waals surface area contributed by atoms with Gasteiger partial charge in [0.1, 0.15) is 11.2 Å². The Hall–Kier alpha value is -7.42. The summed E-state index contributed by atoms with van der Waals surface area (Å²) in [6.07, 6.45) is 0. The van der Waals surface area contributed by atoms with Gasteiger partial charge in [-0.1, -0.05) is 176 Å². The lowest BCUT2D eigenvalue weighted by Gasteiger charge is -2.28. The molecular weight excluding hydrogens is 679 g/mol. The second kappa shape index (κ2) is 13.2. The molecule has 0 saturated heterocycles. The number of para-hydroxylation sites is 3. The van der Waals surface area contributed by atoms with Gasteiger partial charge in [-0.2, -0.15) is 0 Å². The molecular formula is C54H35NO. The van der Waals surface area contributed by atoms with Crippen molar-refractivity contribution < 1.29 is 4.42 Å². The Kier molecular flexibility index (Phi) is 7.53.